The number of hydrogen-bond acceptors (Lipinski definition) is 8. The third kappa shape index (κ3) is 6.49. The van der Waals surface area contributed by atoms with Gasteiger partial charge in [0.25, 0.3) is 5.91 Å². The molecule has 33 heavy (non-hydrogen) atoms. The van der Waals surface area contributed by atoms with Crippen molar-refractivity contribution < 1.29 is 28.5 Å². The Morgan fingerprint density at radius 3 is 2.30 bits per heavy atom. The SMILES string of the molecule is CCOc1ccc(OCC)c(N(Cl)C(=O)C(N=Nc2cc(Cl)c(OC)c(OC)c2)C(C)=O)c1. The first-order chi connectivity index (χ1) is 15.8. The predicted octanol–water partition coefficient (Wildman–Crippen LogP) is 5.38. The summed E-state index contributed by atoms with van der Waals surface area (Å²) >= 11 is 12.5. The lowest BCUT2D eigenvalue weighted by molar-refractivity contribution is -0.126. The minimum absolute atomic E-state index is 0.213. The molecule has 0 spiro atoms. The molecule has 0 fully saturated rings. The van der Waals surface area contributed by atoms with E-state index in [1.165, 1.54) is 33.3 Å². The van der Waals surface area contributed by atoms with E-state index in [-0.39, 0.29) is 16.4 Å². The fourth-order valence-corrected chi connectivity index (χ4v) is 3.31. The normalized spacial score (nSPS) is 11.7. The fourth-order valence-electron chi connectivity index (χ4n) is 2.80. The van der Waals surface area contributed by atoms with Gasteiger partial charge in [0, 0.05) is 23.9 Å². The molecule has 2 aromatic carbocycles. The van der Waals surface area contributed by atoms with Crippen LogP contribution in [0, 0.1) is 0 Å². The van der Waals surface area contributed by atoms with E-state index in [1.54, 1.807) is 25.1 Å². The van der Waals surface area contributed by atoms with Crippen LogP contribution >= 0.6 is 23.4 Å². The molecule has 0 aliphatic heterocycles. The van der Waals surface area contributed by atoms with E-state index >= 15 is 0 Å². The Hall–Kier alpha value is -3.04. The number of anilines is 1. The molecule has 2 aromatic rings. The van der Waals surface area contributed by atoms with Crippen molar-refractivity contribution in [1.82, 2.24) is 0 Å². The van der Waals surface area contributed by atoms with Gasteiger partial charge >= 0.3 is 0 Å². The smallest absolute Gasteiger partial charge is 0.276 e. The maximum Gasteiger partial charge on any atom is 0.276 e. The van der Waals surface area contributed by atoms with Gasteiger partial charge in [0.15, 0.2) is 17.3 Å². The fraction of sp³-hybridized carbons (Fsp3) is 0.364. The van der Waals surface area contributed by atoms with Crippen LogP contribution < -0.4 is 23.4 Å². The molecule has 0 saturated heterocycles. The number of halogens is 2. The standard InChI is InChI=1S/C22H25Cl2N3O6/c1-6-32-15-8-9-18(33-7-2)17(12-15)27(24)22(29)20(13(3)28)26-25-14-10-16(23)21(31-5)19(11-14)30-4/h8-12,20H,6-7H2,1-5H3. The quantitative estimate of drug-likeness (QED) is 0.234. The van der Waals surface area contributed by atoms with E-state index in [0.717, 1.165) is 4.42 Å². The van der Waals surface area contributed by atoms with Gasteiger partial charge in [0.05, 0.1) is 38.1 Å². The molecule has 1 amide bonds. The number of Topliss-reactive ketones (excluding diaryl/α,β-unsaturated/α-hetero) is 1. The summed E-state index contributed by atoms with van der Waals surface area (Å²) in [5.74, 6) is 0.0965. The summed E-state index contributed by atoms with van der Waals surface area (Å²) in [5.41, 5.74) is 0.469. The van der Waals surface area contributed by atoms with Gasteiger partial charge in [-0.25, -0.2) is 4.42 Å². The summed E-state index contributed by atoms with van der Waals surface area (Å²) in [5, 5.41) is 8.14. The Morgan fingerprint density at radius 1 is 1.03 bits per heavy atom. The van der Waals surface area contributed by atoms with Crippen molar-refractivity contribution in [2.24, 2.45) is 10.2 Å². The molecular formula is C22H25Cl2N3O6. The summed E-state index contributed by atoms with van der Waals surface area (Å²) in [6.45, 7) is 5.60. The van der Waals surface area contributed by atoms with Crippen LogP contribution in [0.15, 0.2) is 40.6 Å². The van der Waals surface area contributed by atoms with Gasteiger partial charge in [-0.05, 0) is 39.0 Å². The van der Waals surface area contributed by atoms with E-state index in [2.05, 4.69) is 10.2 Å². The van der Waals surface area contributed by atoms with E-state index in [1.807, 2.05) is 6.92 Å². The number of ether oxygens (including phenoxy) is 4. The van der Waals surface area contributed by atoms with Crippen molar-refractivity contribution in [3.05, 3.63) is 35.4 Å². The molecule has 11 heteroatoms. The Labute approximate surface area is 202 Å². The number of amides is 1. The number of carbonyl (C=O) groups is 2. The predicted molar refractivity (Wildman–Crippen MR) is 126 cm³/mol. The number of benzene rings is 2. The van der Waals surface area contributed by atoms with Gasteiger partial charge in [-0.2, -0.15) is 10.2 Å². The molecule has 0 aliphatic carbocycles. The highest BCUT2D eigenvalue weighted by Crippen LogP contribution is 2.39. The van der Waals surface area contributed by atoms with E-state index in [0.29, 0.717) is 36.2 Å². The highest BCUT2D eigenvalue weighted by atomic mass is 35.5. The van der Waals surface area contributed by atoms with Gasteiger partial charge in [-0.3, -0.25) is 9.59 Å². The number of azo groups is 1. The average molecular weight is 498 g/mol. The summed E-state index contributed by atoms with van der Waals surface area (Å²) in [7, 11) is 2.89. The van der Waals surface area contributed by atoms with Crippen molar-refractivity contribution in [3.8, 4) is 23.0 Å². The second-order valence-electron chi connectivity index (χ2n) is 6.51. The summed E-state index contributed by atoms with van der Waals surface area (Å²) < 4.78 is 22.2. The molecule has 0 aliphatic rings. The maximum absolute atomic E-state index is 13.1. The van der Waals surface area contributed by atoms with Crippen molar-refractivity contribution in [2.45, 2.75) is 26.8 Å². The van der Waals surface area contributed by atoms with Crippen LogP contribution in [-0.2, 0) is 9.59 Å². The lowest BCUT2D eigenvalue weighted by Gasteiger charge is -2.20. The minimum atomic E-state index is -1.50. The molecule has 0 heterocycles. The molecule has 0 bridgehead atoms. The van der Waals surface area contributed by atoms with Crippen LogP contribution in [0.5, 0.6) is 23.0 Å². The summed E-state index contributed by atoms with van der Waals surface area (Å²) in [6.07, 6.45) is 0. The largest absolute Gasteiger partial charge is 0.494 e. The molecule has 2 rings (SSSR count). The second-order valence-corrected chi connectivity index (χ2v) is 7.25. The lowest BCUT2D eigenvalue weighted by Crippen LogP contribution is -2.36. The van der Waals surface area contributed by atoms with E-state index < -0.39 is 17.7 Å². The van der Waals surface area contributed by atoms with Crippen LogP contribution in [0.1, 0.15) is 20.8 Å². The first-order valence-electron chi connectivity index (χ1n) is 9.99. The van der Waals surface area contributed by atoms with E-state index in [4.69, 9.17) is 42.3 Å². The molecule has 0 radical (unpaired) electrons. The van der Waals surface area contributed by atoms with Gasteiger partial charge in [-0.1, -0.05) is 11.6 Å². The number of nitrogens with zero attached hydrogens (tertiary/aromatic N) is 3. The zero-order valence-corrected chi connectivity index (χ0v) is 20.4. The highest BCUT2D eigenvalue weighted by Gasteiger charge is 2.30. The van der Waals surface area contributed by atoms with Gasteiger partial charge in [0.1, 0.15) is 17.2 Å². The molecule has 1 unspecified atom stereocenters. The maximum atomic E-state index is 13.1. The molecule has 178 valence electrons. The zero-order chi connectivity index (χ0) is 24.5. The van der Waals surface area contributed by atoms with Crippen molar-refractivity contribution >= 4 is 46.4 Å². The third-order valence-corrected chi connectivity index (χ3v) is 4.90. The van der Waals surface area contributed by atoms with Gasteiger partial charge in [-0.15, -0.1) is 0 Å². The lowest BCUT2D eigenvalue weighted by atomic mass is 10.2. The number of ketones is 1. The van der Waals surface area contributed by atoms with E-state index in [9.17, 15) is 9.59 Å². The minimum Gasteiger partial charge on any atom is -0.494 e. The Bertz CT molecular complexity index is 1030. The van der Waals surface area contributed by atoms with Crippen molar-refractivity contribution in [3.63, 3.8) is 0 Å². The van der Waals surface area contributed by atoms with Crippen LogP contribution in [0.4, 0.5) is 11.4 Å². The van der Waals surface area contributed by atoms with Crippen molar-refractivity contribution in [1.29, 1.82) is 0 Å². The van der Waals surface area contributed by atoms with Crippen molar-refractivity contribution in [2.75, 3.05) is 31.9 Å². The molecule has 9 nitrogen and oxygen atoms in total. The number of rotatable bonds is 11. The number of methoxy groups -OCH3 is 2. The van der Waals surface area contributed by atoms with Crippen LogP contribution in [0.3, 0.4) is 0 Å². The van der Waals surface area contributed by atoms with Crippen LogP contribution in [-0.4, -0.2) is 45.2 Å². The molecule has 1 atom stereocenters. The van der Waals surface area contributed by atoms with Crippen LogP contribution in [0.2, 0.25) is 5.02 Å². The Morgan fingerprint density at radius 2 is 1.73 bits per heavy atom. The first-order valence-corrected chi connectivity index (χ1v) is 10.7. The first kappa shape index (κ1) is 26.2. The second kappa shape index (κ2) is 12.3. The molecule has 0 saturated carbocycles. The topological polar surface area (TPSA) is 99.0 Å². The van der Waals surface area contributed by atoms with Crippen LogP contribution in [0.25, 0.3) is 0 Å². The molecule has 0 aromatic heterocycles. The highest BCUT2D eigenvalue weighted by molar-refractivity contribution is 6.39. The zero-order valence-electron chi connectivity index (χ0n) is 18.9. The molecule has 0 N–H and O–H groups in total. The Kier molecular flexibility index (Phi) is 9.74. The average Bonchev–Trinajstić information content (AvgIpc) is 2.79. The van der Waals surface area contributed by atoms with Gasteiger partial charge in [0.2, 0.25) is 6.04 Å². The number of carbonyl (C=O) groups excluding carboxylic acids is 2. The monoisotopic (exact) mass is 497 g/mol. The third-order valence-electron chi connectivity index (χ3n) is 4.27. The summed E-state index contributed by atoms with van der Waals surface area (Å²) in [4.78, 5) is 25.3. The number of hydrogen-bond donors (Lipinski definition) is 0. The molecular weight excluding hydrogens is 473 g/mol. The van der Waals surface area contributed by atoms with Gasteiger partial charge < -0.3 is 18.9 Å². The summed E-state index contributed by atoms with van der Waals surface area (Å²) in [6, 6.07) is 6.33. The Balaban J connectivity index is 2.38.